The van der Waals surface area contributed by atoms with E-state index in [0.29, 0.717) is 18.1 Å². The highest BCUT2D eigenvalue weighted by Crippen LogP contribution is 2.22. The zero-order valence-corrected chi connectivity index (χ0v) is 16.9. The number of guanidine groups is 1. The van der Waals surface area contributed by atoms with Crippen LogP contribution in [0.25, 0.3) is 0 Å². The van der Waals surface area contributed by atoms with E-state index in [2.05, 4.69) is 42.4 Å². The van der Waals surface area contributed by atoms with Gasteiger partial charge in [0, 0.05) is 11.3 Å². The van der Waals surface area contributed by atoms with E-state index < -0.39 is 5.91 Å². The van der Waals surface area contributed by atoms with E-state index in [0.717, 1.165) is 24.1 Å². The van der Waals surface area contributed by atoms with E-state index in [9.17, 15) is 4.79 Å². The van der Waals surface area contributed by atoms with Gasteiger partial charge >= 0.3 is 0 Å². The Morgan fingerprint density at radius 3 is 2.20 bits per heavy atom. The van der Waals surface area contributed by atoms with Gasteiger partial charge in [0.1, 0.15) is 0 Å². The number of aryl methyl sites for hydroxylation is 2. The molecule has 2 aromatic carbocycles. The second-order valence-electron chi connectivity index (χ2n) is 5.55. The molecule has 0 aliphatic rings. The Balaban J connectivity index is 0.00000312. The molecule has 0 fully saturated rings. The monoisotopic (exact) mass is 452 g/mol. The lowest BCUT2D eigenvalue weighted by Crippen LogP contribution is -2.24. The third kappa shape index (κ3) is 5.74. The van der Waals surface area contributed by atoms with Crippen molar-refractivity contribution in [3.05, 3.63) is 64.7 Å². The molecule has 1 amide bonds. The number of carbonyl (C=O) groups is 1. The maximum atomic E-state index is 11.2. The average molecular weight is 452 g/mol. The van der Waals surface area contributed by atoms with E-state index in [4.69, 9.17) is 11.5 Å². The van der Waals surface area contributed by atoms with Crippen molar-refractivity contribution in [2.45, 2.75) is 33.2 Å². The van der Waals surface area contributed by atoms with Crippen LogP contribution in [0.1, 0.15) is 40.9 Å². The zero-order valence-electron chi connectivity index (χ0n) is 14.6. The summed E-state index contributed by atoms with van der Waals surface area (Å²) in [5.41, 5.74) is 16.2. The Hall–Kier alpha value is -2.09. The number of nitrogens with two attached hydrogens (primary N) is 2. The predicted octanol–water partition coefficient (Wildman–Crippen LogP) is 3.46. The molecule has 2 rings (SSSR count). The topological polar surface area (TPSA) is 93.5 Å². The van der Waals surface area contributed by atoms with Crippen LogP contribution in [0.2, 0.25) is 0 Å². The normalized spacial score (nSPS) is 10.9. The SMILES string of the molecule is CCc1cccc(CC)c1NC(N)=NCc1cccc(C(N)=O)c1.I. The number of aliphatic imine (C=N–C) groups is 1. The molecule has 0 aromatic heterocycles. The highest BCUT2D eigenvalue weighted by atomic mass is 127. The second kappa shape index (κ2) is 10.0. The minimum Gasteiger partial charge on any atom is -0.370 e. The van der Waals surface area contributed by atoms with Crippen LogP contribution in [0.3, 0.4) is 0 Å². The molecule has 0 bridgehead atoms. The summed E-state index contributed by atoms with van der Waals surface area (Å²) in [5.74, 6) is -0.0912. The number of hydrogen-bond acceptors (Lipinski definition) is 2. The standard InChI is InChI=1S/C19H24N4O.HI/c1-3-14-8-6-9-15(4-2)17(14)23-19(21)22-12-13-7-5-10-16(11-13)18(20)24;/h5-11H,3-4,12H2,1-2H3,(H2,20,24)(H3,21,22,23);1H. The molecule has 5 nitrogen and oxygen atoms in total. The van der Waals surface area contributed by atoms with Crippen LogP contribution in [0.5, 0.6) is 0 Å². The van der Waals surface area contributed by atoms with Gasteiger partial charge in [-0.1, -0.05) is 44.2 Å². The number of nitrogens with zero attached hydrogens (tertiary/aromatic N) is 1. The summed E-state index contributed by atoms with van der Waals surface area (Å²) >= 11 is 0. The number of primary amides is 1. The molecule has 5 N–H and O–H groups in total. The van der Waals surface area contributed by atoms with Gasteiger partial charge in [0.2, 0.25) is 5.91 Å². The molecule has 6 heteroatoms. The summed E-state index contributed by atoms with van der Waals surface area (Å²) in [6.45, 7) is 4.61. The first-order chi connectivity index (χ1) is 11.5. The summed E-state index contributed by atoms with van der Waals surface area (Å²) in [6.07, 6.45) is 1.84. The van der Waals surface area contributed by atoms with Crippen LogP contribution >= 0.6 is 24.0 Å². The third-order valence-corrected chi connectivity index (χ3v) is 3.90. The maximum Gasteiger partial charge on any atom is 0.248 e. The summed E-state index contributed by atoms with van der Waals surface area (Å²) in [7, 11) is 0. The van der Waals surface area contributed by atoms with Gasteiger partial charge in [-0.2, -0.15) is 0 Å². The van der Waals surface area contributed by atoms with E-state index in [-0.39, 0.29) is 24.0 Å². The Bertz CT molecular complexity index is 737. The van der Waals surface area contributed by atoms with Crippen molar-refractivity contribution >= 4 is 41.5 Å². The number of anilines is 1. The molecule has 0 saturated carbocycles. The molecule has 25 heavy (non-hydrogen) atoms. The third-order valence-electron chi connectivity index (χ3n) is 3.90. The summed E-state index contributed by atoms with van der Waals surface area (Å²) in [4.78, 5) is 15.6. The number of rotatable bonds is 6. The molecule has 134 valence electrons. The molecule has 0 atom stereocenters. The lowest BCUT2D eigenvalue weighted by molar-refractivity contribution is 0.1000. The quantitative estimate of drug-likeness (QED) is 0.356. The minimum atomic E-state index is -0.448. The highest BCUT2D eigenvalue weighted by Gasteiger charge is 2.07. The van der Waals surface area contributed by atoms with Gasteiger partial charge in [0.15, 0.2) is 5.96 Å². The molecular weight excluding hydrogens is 427 g/mol. The molecule has 0 spiro atoms. The molecule has 0 unspecified atom stereocenters. The largest absolute Gasteiger partial charge is 0.370 e. The second-order valence-corrected chi connectivity index (χ2v) is 5.55. The van der Waals surface area contributed by atoms with E-state index in [1.54, 1.807) is 18.2 Å². The molecule has 0 heterocycles. The van der Waals surface area contributed by atoms with Crippen molar-refractivity contribution in [3.8, 4) is 0 Å². The van der Waals surface area contributed by atoms with E-state index in [1.807, 2.05) is 6.07 Å². The molecule has 0 saturated heterocycles. The number of hydrogen-bond donors (Lipinski definition) is 3. The molecule has 0 aliphatic heterocycles. The number of nitrogens with one attached hydrogen (secondary N) is 1. The van der Waals surface area contributed by atoms with Gasteiger partial charge in [-0.25, -0.2) is 4.99 Å². The van der Waals surface area contributed by atoms with Crippen molar-refractivity contribution in [2.24, 2.45) is 16.5 Å². The van der Waals surface area contributed by atoms with Crippen LogP contribution < -0.4 is 16.8 Å². The lowest BCUT2D eigenvalue weighted by Gasteiger charge is -2.14. The maximum absolute atomic E-state index is 11.2. The lowest BCUT2D eigenvalue weighted by atomic mass is 10.0. The van der Waals surface area contributed by atoms with Crippen LogP contribution in [-0.2, 0) is 19.4 Å². The number of amides is 1. The fraction of sp³-hybridized carbons (Fsp3) is 0.263. The first kappa shape index (κ1) is 21.0. The van der Waals surface area contributed by atoms with Gasteiger partial charge < -0.3 is 16.8 Å². The van der Waals surface area contributed by atoms with Gasteiger partial charge in [-0.15, -0.1) is 24.0 Å². The van der Waals surface area contributed by atoms with Gasteiger partial charge in [-0.05, 0) is 41.7 Å². The van der Waals surface area contributed by atoms with Crippen molar-refractivity contribution in [2.75, 3.05) is 5.32 Å². The van der Waals surface area contributed by atoms with Gasteiger partial charge in [0.05, 0.1) is 6.54 Å². The molecule has 0 radical (unpaired) electrons. The predicted molar refractivity (Wildman–Crippen MR) is 115 cm³/mol. The van der Waals surface area contributed by atoms with Crippen molar-refractivity contribution in [1.29, 1.82) is 0 Å². The van der Waals surface area contributed by atoms with Crippen LogP contribution in [-0.4, -0.2) is 11.9 Å². The number of carbonyl (C=O) groups excluding carboxylic acids is 1. The van der Waals surface area contributed by atoms with E-state index >= 15 is 0 Å². The number of halogens is 1. The van der Waals surface area contributed by atoms with Crippen molar-refractivity contribution in [1.82, 2.24) is 0 Å². The van der Waals surface area contributed by atoms with Crippen LogP contribution in [0.15, 0.2) is 47.5 Å². The molecule has 0 aliphatic carbocycles. The Morgan fingerprint density at radius 2 is 1.64 bits per heavy atom. The van der Waals surface area contributed by atoms with Crippen LogP contribution in [0.4, 0.5) is 5.69 Å². The van der Waals surface area contributed by atoms with Crippen molar-refractivity contribution in [3.63, 3.8) is 0 Å². The fourth-order valence-corrected chi connectivity index (χ4v) is 2.57. The minimum absolute atomic E-state index is 0. The number of para-hydroxylation sites is 1. The fourth-order valence-electron chi connectivity index (χ4n) is 2.57. The Morgan fingerprint density at radius 1 is 1.04 bits per heavy atom. The first-order valence-electron chi connectivity index (χ1n) is 8.11. The summed E-state index contributed by atoms with van der Waals surface area (Å²) in [6, 6.07) is 13.3. The summed E-state index contributed by atoms with van der Waals surface area (Å²) in [5, 5.41) is 3.22. The van der Waals surface area contributed by atoms with Gasteiger partial charge in [0.25, 0.3) is 0 Å². The van der Waals surface area contributed by atoms with Crippen LogP contribution in [0, 0.1) is 0 Å². The Labute approximate surface area is 165 Å². The number of benzene rings is 2. The zero-order chi connectivity index (χ0) is 17.5. The molecular formula is C19H25IN4O. The smallest absolute Gasteiger partial charge is 0.248 e. The van der Waals surface area contributed by atoms with E-state index in [1.165, 1.54) is 11.1 Å². The summed E-state index contributed by atoms with van der Waals surface area (Å²) < 4.78 is 0. The van der Waals surface area contributed by atoms with Gasteiger partial charge in [-0.3, -0.25) is 4.79 Å². The Kier molecular flexibility index (Phi) is 8.40. The first-order valence-corrected chi connectivity index (χ1v) is 8.11. The van der Waals surface area contributed by atoms with Crippen molar-refractivity contribution < 1.29 is 4.79 Å². The molecule has 2 aromatic rings. The average Bonchev–Trinajstić information content (AvgIpc) is 2.60. The highest BCUT2D eigenvalue weighted by molar-refractivity contribution is 14.0.